The van der Waals surface area contributed by atoms with Crippen LogP contribution >= 0.6 is 0 Å². The summed E-state index contributed by atoms with van der Waals surface area (Å²) in [6.45, 7) is 1.10. The standard InChI is InChI=1S/C21H26N2O4S/c1-27-19-10-6-8-17(14-19)15-21(24)22-18-9-7-11-20(16-18)28(25,26)23-12-4-2-3-5-13-23/h6-11,14,16H,2-5,12-13,15H2,1H3,(H,22,24). The van der Waals surface area contributed by atoms with Crippen LogP contribution in [0.1, 0.15) is 31.2 Å². The van der Waals surface area contributed by atoms with Gasteiger partial charge in [-0.3, -0.25) is 4.79 Å². The summed E-state index contributed by atoms with van der Waals surface area (Å²) in [7, 11) is -1.97. The fourth-order valence-electron chi connectivity index (χ4n) is 3.34. The van der Waals surface area contributed by atoms with Gasteiger partial charge in [0.1, 0.15) is 5.75 Å². The Morgan fingerprint density at radius 2 is 1.75 bits per heavy atom. The zero-order valence-corrected chi connectivity index (χ0v) is 16.9. The Bertz CT molecular complexity index is 920. The molecule has 0 radical (unpaired) electrons. The number of nitrogens with zero attached hydrogens (tertiary/aromatic N) is 1. The highest BCUT2D eigenvalue weighted by molar-refractivity contribution is 7.89. The molecule has 2 aromatic carbocycles. The number of hydrogen-bond donors (Lipinski definition) is 1. The van der Waals surface area contributed by atoms with Crippen molar-refractivity contribution >= 4 is 21.6 Å². The van der Waals surface area contributed by atoms with Crippen LogP contribution in [0.25, 0.3) is 0 Å². The number of benzene rings is 2. The van der Waals surface area contributed by atoms with Gasteiger partial charge in [0.05, 0.1) is 18.4 Å². The number of methoxy groups -OCH3 is 1. The summed E-state index contributed by atoms with van der Waals surface area (Å²) < 4.78 is 32.6. The van der Waals surface area contributed by atoms with Crippen molar-refractivity contribution in [3.8, 4) is 5.75 Å². The number of ether oxygens (including phenoxy) is 1. The summed E-state index contributed by atoms with van der Waals surface area (Å²) in [6, 6.07) is 13.8. The van der Waals surface area contributed by atoms with Crippen LogP contribution in [-0.4, -0.2) is 38.8 Å². The fraction of sp³-hybridized carbons (Fsp3) is 0.381. The molecule has 2 aromatic rings. The van der Waals surface area contributed by atoms with E-state index < -0.39 is 10.0 Å². The predicted octanol–water partition coefficient (Wildman–Crippen LogP) is 3.44. The molecule has 1 fully saturated rings. The van der Waals surface area contributed by atoms with Gasteiger partial charge in [0.25, 0.3) is 0 Å². The molecule has 1 N–H and O–H groups in total. The van der Waals surface area contributed by atoms with Crippen molar-refractivity contribution in [1.82, 2.24) is 4.31 Å². The summed E-state index contributed by atoms with van der Waals surface area (Å²) in [4.78, 5) is 12.6. The maximum absolute atomic E-state index is 12.9. The van der Waals surface area contributed by atoms with Crippen molar-refractivity contribution in [1.29, 1.82) is 0 Å². The Morgan fingerprint density at radius 3 is 2.46 bits per heavy atom. The van der Waals surface area contributed by atoms with Gasteiger partial charge in [0, 0.05) is 18.8 Å². The second-order valence-corrected chi connectivity index (χ2v) is 8.86. The minimum absolute atomic E-state index is 0.181. The lowest BCUT2D eigenvalue weighted by molar-refractivity contribution is -0.115. The second kappa shape index (κ2) is 9.21. The Morgan fingerprint density at radius 1 is 1.04 bits per heavy atom. The molecule has 7 heteroatoms. The minimum atomic E-state index is -3.55. The predicted molar refractivity (Wildman–Crippen MR) is 109 cm³/mol. The first-order chi connectivity index (χ1) is 13.5. The minimum Gasteiger partial charge on any atom is -0.497 e. The number of nitrogens with one attached hydrogen (secondary N) is 1. The van der Waals surface area contributed by atoms with Crippen LogP contribution in [0.4, 0.5) is 5.69 Å². The summed E-state index contributed by atoms with van der Waals surface area (Å²) in [5.41, 5.74) is 1.30. The van der Waals surface area contributed by atoms with E-state index in [2.05, 4.69) is 5.32 Å². The molecule has 0 atom stereocenters. The van der Waals surface area contributed by atoms with Crippen LogP contribution in [-0.2, 0) is 21.2 Å². The number of hydrogen-bond acceptors (Lipinski definition) is 4. The van der Waals surface area contributed by atoms with E-state index >= 15 is 0 Å². The Hall–Kier alpha value is -2.38. The lowest BCUT2D eigenvalue weighted by Crippen LogP contribution is -2.32. The lowest BCUT2D eigenvalue weighted by Gasteiger charge is -2.20. The number of rotatable bonds is 6. The Kier molecular flexibility index (Phi) is 6.70. The van der Waals surface area contributed by atoms with Gasteiger partial charge < -0.3 is 10.1 Å². The first kappa shape index (κ1) is 20.4. The van der Waals surface area contributed by atoms with Gasteiger partial charge in [-0.25, -0.2) is 8.42 Å². The van der Waals surface area contributed by atoms with Gasteiger partial charge in [0.15, 0.2) is 0 Å². The monoisotopic (exact) mass is 402 g/mol. The fourth-order valence-corrected chi connectivity index (χ4v) is 4.90. The van der Waals surface area contributed by atoms with E-state index in [1.54, 1.807) is 35.7 Å². The van der Waals surface area contributed by atoms with E-state index in [-0.39, 0.29) is 17.2 Å². The van der Waals surface area contributed by atoms with Crippen LogP contribution in [0.15, 0.2) is 53.4 Å². The molecule has 0 unspecified atom stereocenters. The highest BCUT2D eigenvalue weighted by Crippen LogP contribution is 2.23. The maximum Gasteiger partial charge on any atom is 0.243 e. The molecular weight excluding hydrogens is 376 g/mol. The normalized spacial score (nSPS) is 15.6. The van der Waals surface area contributed by atoms with Crippen LogP contribution in [0.5, 0.6) is 5.75 Å². The van der Waals surface area contributed by atoms with E-state index in [0.29, 0.717) is 24.5 Å². The van der Waals surface area contributed by atoms with Crippen molar-refractivity contribution < 1.29 is 17.9 Å². The third kappa shape index (κ3) is 5.11. The third-order valence-electron chi connectivity index (χ3n) is 4.82. The van der Waals surface area contributed by atoms with Crippen LogP contribution in [0.3, 0.4) is 0 Å². The van der Waals surface area contributed by atoms with Gasteiger partial charge in [0.2, 0.25) is 15.9 Å². The van der Waals surface area contributed by atoms with E-state index in [0.717, 1.165) is 31.2 Å². The summed E-state index contributed by atoms with van der Waals surface area (Å²) in [5, 5.41) is 2.79. The molecule has 3 rings (SSSR count). The van der Waals surface area contributed by atoms with Crippen molar-refractivity contribution in [3.63, 3.8) is 0 Å². The smallest absolute Gasteiger partial charge is 0.243 e. The van der Waals surface area contributed by atoms with E-state index in [1.807, 2.05) is 18.2 Å². The molecule has 0 bridgehead atoms. The zero-order chi connectivity index (χ0) is 20.0. The quantitative estimate of drug-likeness (QED) is 0.803. The van der Waals surface area contributed by atoms with Gasteiger partial charge in [-0.1, -0.05) is 31.0 Å². The summed E-state index contributed by atoms with van der Waals surface area (Å²) in [5.74, 6) is 0.480. The molecule has 1 aliphatic rings. The van der Waals surface area contributed by atoms with Gasteiger partial charge >= 0.3 is 0 Å². The number of amides is 1. The SMILES string of the molecule is COc1cccc(CC(=O)Nc2cccc(S(=O)(=O)N3CCCCCC3)c2)c1. The summed E-state index contributed by atoms with van der Waals surface area (Å²) >= 11 is 0. The largest absolute Gasteiger partial charge is 0.497 e. The maximum atomic E-state index is 12.9. The molecule has 1 heterocycles. The Balaban J connectivity index is 1.71. The molecule has 28 heavy (non-hydrogen) atoms. The highest BCUT2D eigenvalue weighted by Gasteiger charge is 2.25. The number of sulfonamides is 1. The van der Waals surface area contributed by atoms with E-state index in [9.17, 15) is 13.2 Å². The number of carbonyl (C=O) groups is 1. The van der Waals surface area contributed by atoms with Crippen LogP contribution < -0.4 is 10.1 Å². The average Bonchev–Trinajstić information content (AvgIpc) is 2.98. The first-order valence-corrected chi connectivity index (χ1v) is 11.0. The molecule has 0 aliphatic carbocycles. The molecule has 0 saturated carbocycles. The molecule has 1 amide bonds. The number of anilines is 1. The molecule has 0 spiro atoms. The summed E-state index contributed by atoms with van der Waals surface area (Å²) in [6.07, 6.45) is 4.07. The molecular formula is C21H26N2O4S. The average molecular weight is 403 g/mol. The van der Waals surface area contributed by atoms with E-state index in [1.165, 1.54) is 6.07 Å². The lowest BCUT2D eigenvalue weighted by atomic mass is 10.1. The molecule has 6 nitrogen and oxygen atoms in total. The zero-order valence-electron chi connectivity index (χ0n) is 16.1. The van der Waals surface area contributed by atoms with Crippen molar-refractivity contribution in [2.75, 3.05) is 25.5 Å². The molecule has 0 aromatic heterocycles. The topological polar surface area (TPSA) is 75.7 Å². The van der Waals surface area contributed by atoms with Crippen molar-refractivity contribution in [2.45, 2.75) is 37.0 Å². The molecule has 1 saturated heterocycles. The van der Waals surface area contributed by atoms with E-state index in [4.69, 9.17) is 4.74 Å². The van der Waals surface area contributed by atoms with Crippen molar-refractivity contribution in [2.24, 2.45) is 0 Å². The molecule has 150 valence electrons. The van der Waals surface area contributed by atoms with Crippen LogP contribution in [0.2, 0.25) is 0 Å². The molecule has 1 aliphatic heterocycles. The van der Waals surface area contributed by atoms with Gasteiger partial charge in [-0.05, 0) is 48.7 Å². The van der Waals surface area contributed by atoms with Gasteiger partial charge in [-0.15, -0.1) is 0 Å². The highest BCUT2D eigenvalue weighted by atomic mass is 32.2. The third-order valence-corrected chi connectivity index (χ3v) is 6.71. The van der Waals surface area contributed by atoms with Crippen LogP contribution in [0, 0.1) is 0 Å². The second-order valence-electron chi connectivity index (χ2n) is 6.92. The first-order valence-electron chi connectivity index (χ1n) is 9.52. The van der Waals surface area contributed by atoms with Crippen molar-refractivity contribution in [3.05, 3.63) is 54.1 Å². The van der Waals surface area contributed by atoms with Gasteiger partial charge in [-0.2, -0.15) is 4.31 Å². The Labute approximate surface area is 166 Å². The number of carbonyl (C=O) groups excluding carboxylic acids is 1.